The second-order valence-electron chi connectivity index (χ2n) is 6.09. The van der Waals surface area contributed by atoms with Crippen LogP contribution in [-0.2, 0) is 0 Å². The van der Waals surface area contributed by atoms with Gasteiger partial charge in [0.15, 0.2) is 0 Å². The highest BCUT2D eigenvalue weighted by atomic mass is 16.5. The minimum Gasteiger partial charge on any atom is -0.313 e. The molecule has 0 atom stereocenters. The summed E-state index contributed by atoms with van der Waals surface area (Å²) in [4.78, 5) is 0. The minimum absolute atomic E-state index is 0.110. The van der Waals surface area contributed by atoms with Gasteiger partial charge in [0.25, 0.3) is 0 Å². The van der Waals surface area contributed by atoms with Crippen LogP contribution in [0.25, 0.3) is 0 Å². The monoisotopic (exact) mass is 181 g/mol. The molecule has 2 saturated carbocycles. The first-order valence-corrected chi connectivity index (χ1v) is 5.51. The molecule has 4 aliphatic rings. The molecule has 2 heterocycles. The van der Waals surface area contributed by atoms with Crippen molar-refractivity contribution in [2.75, 3.05) is 0 Å². The highest BCUT2D eigenvalue weighted by Gasteiger charge is 2.58. The van der Waals surface area contributed by atoms with Crippen LogP contribution in [0, 0.1) is 11.8 Å². The average Bonchev–Trinajstić information content (AvgIpc) is 1.97. The van der Waals surface area contributed by atoms with Crippen molar-refractivity contribution < 1.29 is 5.21 Å². The molecule has 2 heteroatoms. The van der Waals surface area contributed by atoms with Crippen molar-refractivity contribution in [3.63, 3.8) is 0 Å². The molecule has 13 heavy (non-hydrogen) atoms. The molecule has 2 saturated heterocycles. The third kappa shape index (κ3) is 0.909. The van der Waals surface area contributed by atoms with Crippen molar-refractivity contribution in [1.29, 1.82) is 0 Å². The molecule has 1 N–H and O–H groups in total. The Morgan fingerprint density at radius 1 is 1.00 bits per heavy atom. The summed E-state index contributed by atoms with van der Waals surface area (Å²) in [5, 5.41) is 11.9. The highest BCUT2D eigenvalue weighted by Crippen LogP contribution is 2.58. The van der Waals surface area contributed by atoms with Crippen molar-refractivity contribution in [1.82, 2.24) is 5.06 Å². The van der Waals surface area contributed by atoms with Crippen LogP contribution >= 0.6 is 0 Å². The first-order valence-electron chi connectivity index (χ1n) is 5.51. The van der Waals surface area contributed by atoms with E-state index in [4.69, 9.17) is 0 Å². The number of hydrogen-bond donors (Lipinski definition) is 1. The second-order valence-corrected chi connectivity index (χ2v) is 6.09. The third-order valence-electron chi connectivity index (χ3n) is 4.60. The second kappa shape index (κ2) is 2.12. The van der Waals surface area contributed by atoms with Crippen molar-refractivity contribution >= 4 is 0 Å². The first kappa shape index (κ1) is 8.25. The number of rotatable bonds is 0. The van der Waals surface area contributed by atoms with E-state index in [1.54, 1.807) is 5.06 Å². The summed E-state index contributed by atoms with van der Waals surface area (Å²) in [5.74, 6) is 1.79. The summed E-state index contributed by atoms with van der Waals surface area (Å²) in [5.41, 5.74) is 0.220. The Kier molecular flexibility index (Phi) is 1.34. The van der Waals surface area contributed by atoms with Gasteiger partial charge in [-0.1, -0.05) is 0 Å². The van der Waals surface area contributed by atoms with Gasteiger partial charge in [-0.2, -0.15) is 5.06 Å². The lowest BCUT2D eigenvalue weighted by Crippen LogP contribution is -2.68. The molecule has 2 nitrogen and oxygen atoms in total. The minimum atomic E-state index is 0.110. The van der Waals surface area contributed by atoms with Crippen LogP contribution in [0.5, 0.6) is 0 Å². The number of hydroxylamine groups is 2. The van der Waals surface area contributed by atoms with E-state index in [1.807, 2.05) is 0 Å². The molecule has 0 radical (unpaired) electrons. The van der Waals surface area contributed by atoms with E-state index in [9.17, 15) is 5.21 Å². The Balaban J connectivity index is 2.03. The summed E-state index contributed by atoms with van der Waals surface area (Å²) in [6, 6.07) is 0. The van der Waals surface area contributed by atoms with Crippen LogP contribution in [-0.4, -0.2) is 21.3 Å². The molecule has 74 valence electrons. The maximum Gasteiger partial charge on any atom is 0.0443 e. The zero-order valence-corrected chi connectivity index (χ0v) is 8.58. The smallest absolute Gasteiger partial charge is 0.0443 e. The van der Waals surface area contributed by atoms with E-state index in [-0.39, 0.29) is 11.1 Å². The van der Waals surface area contributed by atoms with Crippen LogP contribution in [0.1, 0.15) is 46.0 Å². The SMILES string of the molecule is CC12CC3CC(C1)CC(C)(C3)N2O. The summed E-state index contributed by atoms with van der Waals surface area (Å²) in [6.45, 7) is 4.48. The zero-order chi connectivity index (χ0) is 9.27. The molecule has 2 aliphatic carbocycles. The molecule has 4 rings (SSSR count). The molecular weight excluding hydrogens is 162 g/mol. The predicted molar refractivity (Wildman–Crippen MR) is 50.5 cm³/mol. The van der Waals surface area contributed by atoms with Crippen LogP contribution < -0.4 is 0 Å². The number of nitrogens with zero attached hydrogens (tertiary/aromatic N) is 1. The van der Waals surface area contributed by atoms with Gasteiger partial charge in [-0.15, -0.1) is 0 Å². The molecule has 4 fully saturated rings. The highest BCUT2D eigenvalue weighted by molar-refractivity contribution is 5.10. The van der Waals surface area contributed by atoms with E-state index < -0.39 is 0 Å². The standard InChI is InChI=1S/C11H19NO/c1-10-4-8-3-9(5-10)7-11(2,6-8)12(10)13/h8-9,13H,3-7H2,1-2H3. The van der Waals surface area contributed by atoms with Crippen LogP contribution in [0.4, 0.5) is 0 Å². The number of hydrogen-bond acceptors (Lipinski definition) is 2. The summed E-state index contributed by atoms with van der Waals surface area (Å²) in [7, 11) is 0. The Bertz CT molecular complexity index is 214. The van der Waals surface area contributed by atoms with Crippen molar-refractivity contribution in [3.8, 4) is 0 Å². The van der Waals surface area contributed by atoms with E-state index in [1.165, 1.54) is 32.1 Å². The van der Waals surface area contributed by atoms with Crippen LogP contribution in [0.3, 0.4) is 0 Å². The molecule has 2 aliphatic heterocycles. The first-order chi connectivity index (χ1) is 6.02. The van der Waals surface area contributed by atoms with Gasteiger partial charge >= 0.3 is 0 Å². The van der Waals surface area contributed by atoms with Crippen molar-refractivity contribution in [3.05, 3.63) is 0 Å². The lowest BCUT2D eigenvalue weighted by molar-refractivity contribution is -0.306. The van der Waals surface area contributed by atoms with Crippen molar-refractivity contribution in [2.24, 2.45) is 11.8 Å². The summed E-state index contributed by atoms with van der Waals surface area (Å²) >= 11 is 0. The van der Waals surface area contributed by atoms with Gasteiger partial charge in [-0.3, -0.25) is 0 Å². The largest absolute Gasteiger partial charge is 0.313 e. The van der Waals surface area contributed by atoms with Crippen LogP contribution in [0.2, 0.25) is 0 Å². The third-order valence-corrected chi connectivity index (χ3v) is 4.60. The van der Waals surface area contributed by atoms with E-state index in [0.717, 1.165) is 11.8 Å². The fourth-order valence-corrected chi connectivity index (χ4v) is 4.60. The maximum atomic E-state index is 10.2. The quantitative estimate of drug-likeness (QED) is 0.620. The van der Waals surface area contributed by atoms with Gasteiger partial charge in [0.05, 0.1) is 0 Å². The molecule has 0 amide bonds. The predicted octanol–water partition coefficient (Wildman–Crippen LogP) is 2.42. The van der Waals surface area contributed by atoms with E-state index in [0.29, 0.717) is 0 Å². The lowest BCUT2D eigenvalue weighted by atomic mass is 9.55. The Morgan fingerprint density at radius 3 is 1.77 bits per heavy atom. The van der Waals surface area contributed by atoms with Gasteiger partial charge < -0.3 is 5.21 Å². The topological polar surface area (TPSA) is 23.5 Å². The molecule has 0 aromatic heterocycles. The van der Waals surface area contributed by atoms with Crippen LogP contribution in [0.15, 0.2) is 0 Å². The van der Waals surface area contributed by atoms with Gasteiger partial charge in [-0.05, 0) is 57.8 Å². The summed E-state index contributed by atoms with van der Waals surface area (Å²) < 4.78 is 0. The maximum absolute atomic E-state index is 10.2. The molecule has 0 unspecified atom stereocenters. The Labute approximate surface area is 79.9 Å². The molecule has 4 bridgehead atoms. The van der Waals surface area contributed by atoms with Gasteiger partial charge in [0.1, 0.15) is 0 Å². The fourth-order valence-electron chi connectivity index (χ4n) is 4.60. The fraction of sp³-hybridized carbons (Fsp3) is 1.00. The van der Waals surface area contributed by atoms with E-state index >= 15 is 0 Å². The summed E-state index contributed by atoms with van der Waals surface area (Å²) in [6.07, 6.45) is 6.30. The Morgan fingerprint density at radius 2 is 1.38 bits per heavy atom. The van der Waals surface area contributed by atoms with Gasteiger partial charge in [0, 0.05) is 11.1 Å². The normalized spacial score (nSPS) is 60.2. The molecular formula is C11H19NO. The molecule has 0 aromatic carbocycles. The van der Waals surface area contributed by atoms with E-state index in [2.05, 4.69) is 13.8 Å². The molecule has 0 spiro atoms. The van der Waals surface area contributed by atoms with Crippen molar-refractivity contribution in [2.45, 2.75) is 57.0 Å². The van der Waals surface area contributed by atoms with Gasteiger partial charge in [-0.25, -0.2) is 0 Å². The molecule has 0 aromatic rings. The zero-order valence-electron chi connectivity index (χ0n) is 8.58. The van der Waals surface area contributed by atoms with Gasteiger partial charge in [0.2, 0.25) is 0 Å². The average molecular weight is 181 g/mol. The number of piperidine rings is 2. The Hall–Kier alpha value is -0.0800. The lowest BCUT2D eigenvalue weighted by Gasteiger charge is -2.64.